The van der Waals surface area contributed by atoms with Gasteiger partial charge in [0.25, 0.3) is 5.91 Å². The van der Waals surface area contributed by atoms with E-state index in [0.717, 1.165) is 12.0 Å². The third-order valence-corrected chi connectivity index (χ3v) is 3.09. The third-order valence-electron chi connectivity index (χ3n) is 3.09. The predicted molar refractivity (Wildman–Crippen MR) is 77.8 cm³/mol. The highest BCUT2D eigenvalue weighted by molar-refractivity contribution is 5.96. The van der Waals surface area contributed by atoms with E-state index in [1.54, 1.807) is 18.3 Å². The standard InChI is InChI=1S/C16H18N2O2/c1-3-12-6-8-13(9-7-12)11-18-15(19)14-5-4-10-17-16(14)20-2/h4-10H,3,11H2,1-2H3,(H,18,19). The first-order chi connectivity index (χ1) is 9.74. The minimum absolute atomic E-state index is 0.186. The molecule has 1 heterocycles. The molecule has 2 aromatic rings. The third kappa shape index (κ3) is 3.35. The summed E-state index contributed by atoms with van der Waals surface area (Å²) < 4.78 is 5.08. The highest BCUT2D eigenvalue weighted by Gasteiger charge is 2.12. The van der Waals surface area contributed by atoms with Gasteiger partial charge in [-0.05, 0) is 29.7 Å². The molecule has 20 heavy (non-hydrogen) atoms. The minimum atomic E-state index is -0.186. The van der Waals surface area contributed by atoms with Gasteiger partial charge in [-0.25, -0.2) is 4.98 Å². The van der Waals surface area contributed by atoms with Crippen molar-refractivity contribution in [2.45, 2.75) is 19.9 Å². The molecule has 0 bridgehead atoms. The zero-order valence-corrected chi connectivity index (χ0v) is 11.7. The van der Waals surface area contributed by atoms with E-state index in [1.807, 2.05) is 12.1 Å². The van der Waals surface area contributed by atoms with Gasteiger partial charge in [0.2, 0.25) is 5.88 Å². The molecule has 4 heteroatoms. The van der Waals surface area contributed by atoms with E-state index in [4.69, 9.17) is 4.74 Å². The molecule has 0 aliphatic rings. The number of methoxy groups -OCH3 is 1. The zero-order chi connectivity index (χ0) is 14.4. The predicted octanol–water partition coefficient (Wildman–Crippen LogP) is 2.58. The van der Waals surface area contributed by atoms with Gasteiger partial charge in [0.1, 0.15) is 5.56 Å². The Morgan fingerprint density at radius 3 is 2.55 bits per heavy atom. The normalized spacial score (nSPS) is 10.1. The molecule has 0 atom stereocenters. The van der Waals surface area contributed by atoms with E-state index in [0.29, 0.717) is 18.0 Å². The highest BCUT2D eigenvalue weighted by atomic mass is 16.5. The van der Waals surface area contributed by atoms with Crippen LogP contribution in [0.4, 0.5) is 0 Å². The molecule has 0 aliphatic carbocycles. The molecule has 4 nitrogen and oxygen atoms in total. The van der Waals surface area contributed by atoms with Crippen molar-refractivity contribution in [1.29, 1.82) is 0 Å². The Morgan fingerprint density at radius 1 is 1.20 bits per heavy atom. The number of carbonyl (C=O) groups excluding carboxylic acids is 1. The van der Waals surface area contributed by atoms with E-state index in [1.165, 1.54) is 12.7 Å². The molecule has 0 aliphatic heterocycles. The highest BCUT2D eigenvalue weighted by Crippen LogP contribution is 2.13. The fourth-order valence-corrected chi connectivity index (χ4v) is 1.90. The lowest BCUT2D eigenvalue weighted by molar-refractivity contribution is 0.0947. The second-order valence-electron chi connectivity index (χ2n) is 4.41. The average Bonchev–Trinajstić information content (AvgIpc) is 2.53. The van der Waals surface area contributed by atoms with Gasteiger partial charge in [-0.15, -0.1) is 0 Å². The first kappa shape index (κ1) is 14.1. The quantitative estimate of drug-likeness (QED) is 0.908. The number of hydrogen-bond acceptors (Lipinski definition) is 3. The van der Waals surface area contributed by atoms with E-state index >= 15 is 0 Å². The van der Waals surface area contributed by atoms with Crippen LogP contribution in [0.2, 0.25) is 0 Å². The monoisotopic (exact) mass is 270 g/mol. The summed E-state index contributed by atoms with van der Waals surface area (Å²) >= 11 is 0. The number of pyridine rings is 1. The van der Waals surface area contributed by atoms with E-state index in [9.17, 15) is 4.79 Å². The van der Waals surface area contributed by atoms with Crippen LogP contribution in [0.25, 0.3) is 0 Å². The SMILES string of the molecule is CCc1ccc(CNC(=O)c2cccnc2OC)cc1. The Bertz CT molecular complexity index is 579. The maximum atomic E-state index is 12.1. The number of ether oxygens (including phenoxy) is 1. The molecule has 0 saturated carbocycles. The van der Waals surface area contributed by atoms with Crippen LogP contribution in [0.5, 0.6) is 5.88 Å². The number of aryl methyl sites for hydroxylation is 1. The van der Waals surface area contributed by atoms with Crippen LogP contribution in [-0.4, -0.2) is 18.0 Å². The van der Waals surface area contributed by atoms with Crippen LogP contribution in [0, 0.1) is 0 Å². The summed E-state index contributed by atoms with van der Waals surface area (Å²) in [4.78, 5) is 16.1. The molecule has 0 saturated heterocycles. The van der Waals surface area contributed by atoms with Crippen molar-refractivity contribution < 1.29 is 9.53 Å². The number of aromatic nitrogens is 1. The van der Waals surface area contributed by atoms with E-state index < -0.39 is 0 Å². The van der Waals surface area contributed by atoms with Gasteiger partial charge in [-0.1, -0.05) is 31.2 Å². The fourth-order valence-electron chi connectivity index (χ4n) is 1.90. The maximum absolute atomic E-state index is 12.1. The number of nitrogens with zero attached hydrogens (tertiary/aromatic N) is 1. The molecule has 0 unspecified atom stereocenters. The van der Waals surface area contributed by atoms with Crippen molar-refractivity contribution in [1.82, 2.24) is 10.3 Å². The van der Waals surface area contributed by atoms with Crippen LogP contribution in [0.15, 0.2) is 42.6 Å². The van der Waals surface area contributed by atoms with Gasteiger partial charge in [0.15, 0.2) is 0 Å². The number of hydrogen-bond donors (Lipinski definition) is 1. The Morgan fingerprint density at radius 2 is 1.90 bits per heavy atom. The number of carbonyl (C=O) groups is 1. The minimum Gasteiger partial charge on any atom is -0.480 e. The molecule has 1 N–H and O–H groups in total. The average molecular weight is 270 g/mol. The van der Waals surface area contributed by atoms with Crippen molar-refractivity contribution in [3.63, 3.8) is 0 Å². The second kappa shape index (κ2) is 6.70. The molecule has 2 rings (SSSR count). The van der Waals surface area contributed by atoms with Gasteiger partial charge < -0.3 is 10.1 Å². The topological polar surface area (TPSA) is 51.2 Å². The molecular formula is C16H18N2O2. The Labute approximate surface area is 118 Å². The van der Waals surface area contributed by atoms with Gasteiger partial charge >= 0.3 is 0 Å². The zero-order valence-electron chi connectivity index (χ0n) is 11.7. The van der Waals surface area contributed by atoms with E-state index in [-0.39, 0.29) is 5.91 Å². The fraction of sp³-hybridized carbons (Fsp3) is 0.250. The number of benzene rings is 1. The molecular weight excluding hydrogens is 252 g/mol. The molecule has 0 radical (unpaired) electrons. The Balaban J connectivity index is 2.01. The lowest BCUT2D eigenvalue weighted by atomic mass is 10.1. The van der Waals surface area contributed by atoms with E-state index in [2.05, 4.69) is 29.4 Å². The number of amides is 1. The summed E-state index contributed by atoms with van der Waals surface area (Å²) in [5, 5.41) is 2.87. The van der Waals surface area contributed by atoms with Crippen molar-refractivity contribution in [3.8, 4) is 5.88 Å². The van der Waals surface area contributed by atoms with Crippen LogP contribution in [-0.2, 0) is 13.0 Å². The molecule has 104 valence electrons. The van der Waals surface area contributed by atoms with Gasteiger partial charge in [0.05, 0.1) is 7.11 Å². The second-order valence-corrected chi connectivity index (χ2v) is 4.41. The molecule has 0 spiro atoms. The summed E-state index contributed by atoms with van der Waals surface area (Å²) in [5.41, 5.74) is 2.80. The van der Waals surface area contributed by atoms with Gasteiger partial charge in [0, 0.05) is 12.7 Å². The number of rotatable bonds is 5. The van der Waals surface area contributed by atoms with Crippen molar-refractivity contribution >= 4 is 5.91 Å². The van der Waals surface area contributed by atoms with Crippen molar-refractivity contribution in [2.75, 3.05) is 7.11 Å². The van der Waals surface area contributed by atoms with Crippen molar-refractivity contribution in [3.05, 3.63) is 59.3 Å². The van der Waals surface area contributed by atoms with Crippen LogP contribution >= 0.6 is 0 Å². The number of nitrogens with one attached hydrogen (secondary N) is 1. The van der Waals surface area contributed by atoms with Crippen molar-refractivity contribution in [2.24, 2.45) is 0 Å². The molecule has 1 amide bonds. The lowest BCUT2D eigenvalue weighted by Crippen LogP contribution is -2.23. The summed E-state index contributed by atoms with van der Waals surface area (Å²) in [7, 11) is 1.50. The first-order valence-corrected chi connectivity index (χ1v) is 6.59. The lowest BCUT2D eigenvalue weighted by Gasteiger charge is -2.08. The van der Waals surface area contributed by atoms with Gasteiger partial charge in [-0.2, -0.15) is 0 Å². The summed E-state index contributed by atoms with van der Waals surface area (Å²) in [6.07, 6.45) is 2.61. The summed E-state index contributed by atoms with van der Waals surface area (Å²) in [6.45, 7) is 2.60. The largest absolute Gasteiger partial charge is 0.480 e. The summed E-state index contributed by atoms with van der Waals surface area (Å²) in [6, 6.07) is 11.6. The van der Waals surface area contributed by atoms with Crippen LogP contribution in [0.1, 0.15) is 28.4 Å². The van der Waals surface area contributed by atoms with Crippen LogP contribution < -0.4 is 10.1 Å². The Kier molecular flexibility index (Phi) is 4.71. The van der Waals surface area contributed by atoms with Gasteiger partial charge in [-0.3, -0.25) is 4.79 Å². The molecule has 1 aromatic carbocycles. The maximum Gasteiger partial charge on any atom is 0.257 e. The molecule has 1 aromatic heterocycles. The molecule has 0 fully saturated rings. The smallest absolute Gasteiger partial charge is 0.257 e. The first-order valence-electron chi connectivity index (χ1n) is 6.59. The Hall–Kier alpha value is -2.36. The van der Waals surface area contributed by atoms with Crippen LogP contribution in [0.3, 0.4) is 0 Å². The summed E-state index contributed by atoms with van der Waals surface area (Å²) in [5.74, 6) is 0.154.